The number of nitrogens with one attached hydrogen (secondary N) is 1. The molecular formula is C25H20FNO3. The van der Waals surface area contributed by atoms with Gasteiger partial charge in [0.05, 0.1) is 11.2 Å². The van der Waals surface area contributed by atoms with Gasteiger partial charge >= 0.3 is 5.97 Å². The second kappa shape index (κ2) is 6.46. The second-order valence-corrected chi connectivity index (χ2v) is 8.04. The van der Waals surface area contributed by atoms with E-state index in [2.05, 4.69) is 11.1 Å². The zero-order chi connectivity index (χ0) is 21.2. The predicted molar refractivity (Wildman–Crippen MR) is 115 cm³/mol. The van der Waals surface area contributed by atoms with Gasteiger partial charge in [-0.15, -0.1) is 0 Å². The first-order chi connectivity index (χ1) is 14.3. The lowest BCUT2D eigenvalue weighted by Gasteiger charge is -2.18. The number of aromatic carboxylic acids is 1. The van der Waals surface area contributed by atoms with Crippen LogP contribution in [0.3, 0.4) is 0 Å². The summed E-state index contributed by atoms with van der Waals surface area (Å²) in [6.45, 7) is 3.99. The molecule has 0 radical (unpaired) electrons. The largest absolute Gasteiger partial charge is 0.507 e. The number of H-pyrrole nitrogens is 1. The summed E-state index contributed by atoms with van der Waals surface area (Å²) in [5, 5.41) is 20.3. The van der Waals surface area contributed by atoms with Gasteiger partial charge in [-0.05, 0) is 55.5 Å². The first-order valence-corrected chi connectivity index (χ1v) is 9.84. The third-order valence-electron chi connectivity index (χ3n) is 5.92. The third kappa shape index (κ3) is 2.70. The number of phenols is 1. The Morgan fingerprint density at radius 2 is 1.73 bits per heavy atom. The Morgan fingerprint density at radius 3 is 2.43 bits per heavy atom. The van der Waals surface area contributed by atoms with E-state index in [0.29, 0.717) is 23.9 Å². The van der Waals surface area contributed by atoms with Crippen molar-refractivity contribution in [1.29, 1.82) is 0 Å². The molecule has 0 fully saturated rings. The molecule has 150 valence electrons. The fourth-order valence-corrected chi connectivity index (χ4v) is 4.63. The SMILES string of the molecule is Cc1cc(C)cc(-c2ccc3c4c([nH]c3c2F)-c2cc(O)c(C(=O)O)cc2CC4)c1. The standard InChI is InChI=1S/C25H20FNO3/c1-12-7-13(2)9-15(8-12)16-5-6-18-17-4-3-14-10-20(25(29)30)21(28)11-19(14)23(17)27-24(18)22(16)26/h5-11,27-28H,3-4H2,1-2H3,(H,29,30). The molecule has 4 aromatic rings. The zero-order valence-electron chi connectivity index (χ0n) is 16.6. The van der Waals surface area contributed by atoms with Crippen LogP contribution in [0, 0.1) is 19.7 Å². The summed E-state index contributed by atoms with van der Waals surface area (Å²) in [6, 6.07) is 12.7. The van der Waals surface area contributed by atoms with E-state index in [1.807, 2.05) is 38.1 Å². The summed E-state index contributed by atoms with van der Waals surface area (Å²) < 4.78 is 15.6. The van der Waals surface area contributed by atoms with Crippen molar-refractivity contribution in [3.05, 3.63) is 76.1 Å². The number of aromatic hydroxyl groups is 1. The van der Waals surface area contributed by atoms with Crippen LogP contribution in [-0.2, 0) is 12.8 Å². The van der Waals surface area contributed by atoms with Crippen LogP contribution in [0.1, 0.15) is 32.6 Å². The Bertz CT molecular complexity index is 1350. The molecule has 5 heteroatoms. The number of aryl methyl sites for hydroxylation is 4. The van der Waals surface area contributed by atoms with E-state index in [9.17, 15) is 15.0 Å². The average Bonchev–Trinajstić information content (AvgIpc) is 3.07. The van der Waals surface area contributed by atoms with Crippen molar-refractivity contribution in [2.45, 2.75) is 26.7 Å². The summed E-state index contributed by atoms with van der Waals surface area (Å²) in [5.74, 6) is -1.76. The Hall–Kier alpha value is -3.60. The number of carbonyl (C=O) groups is 1. The minimum atomic E-state index is -1.16. The highest BCUT2D eigenvalue weighted by Gasteiger charge is 2.25. The number of aromatic nitrogens is 1. The van der Waals surface area contributed by atoms with Crippen molar-refractivity contribution < 1.29 is 19.4 Å². The Balaban J connectivity index is 1.72. The zero-order valence-corrected chi connectivity index (χ0v) is 16.6. The fourth-order valence-electron chi connectivity index (χ4n) is 4.63. The van der Waals surface area contributed by atoms with Gasteiger partial charge in [-0.2, -0.15) is 0 Å². The van der Waals surface area contributed by atoms with E-state index < -0.39 is 5.97 Å². The van der Waals surface area contributed by atoms with Crippen LogP contribution in [0.5, 0.6) is 5.75 Å². The summed E-state index contributed by atoms with van der Waals surface area (Å²) in [7, 11) is 0. The molecule has 0 amide bonds. The number of halogens is 1. The van der Waals surface area contributed by atoms with E-state index >= 15 is 4.39 Å². The molecule has 1 aliphatic rings. The Kier molecular flexibility index (Phi) is 3.97. The number of fused-ring (bicyclic) bond motifs is 5. The van der Waals surface area contributed by atoms with Crippen LogP contribution >= 0.6 is 0 Å². The molecule has 0 saturated heterocycles. The molecule has 1 aliphatic carbocycles. The first-order valence-electron chi connectivity index (χ1n) is 9.84. The van der Waals surface area contributed by atoms with Gasteiger partial charge < -0.3 is 15.2 Å². The van der Waals surface area contributed by atoms with Gasteiger partial charge in [0.25, 0.3) is 0 Å². The molecule has 0 spiro atoms. The molecule has 0 aliphatic heterocycles. The Morgan fingerprint density at radius 1 is 1.00 bits per heavy atom. The van der Waals surface area contributed by atoms with Gasteiger partial charge in [-0.25, -0.2) is 9.18 Å². The number of hydrogen-bond donors (Lipinski definition) is 3. The van der Waals surface area contributed by atoms with E-state index in [4.69, 9.17) is 0 Å². The smallest absolute Gasteiger partial charge is 0.339 e. The van der Waals surface area contributed by atoms with E-state index in [-0.39, 0.29) is 17.1 Å². The summed E-state index contributed by atoms with van der Waals surface area (Å²) in [6.07, 6.45) is 1.31. The van der Waals surface area contributed by atoms with Gasteiger partial charge in [-0.3, -0.25) is 0 Å². The minimum Gasteiger partial charge on any atom is -0.507 e. The molecule has 0 saturated carbocycles. The van der Waals surface area contributed by atoms with Crippen LogP contribution < -0.4 is 0 Å². The first kappa shape index (κ1) is 18.4. The monoisotopic (exact) mass is 401 g/mol. The molecule has 4 nitrogen and oxygen atoms in total. The van der Waals surface area contributed by atoms with Crippen molar-refractivity contribution in [3.63, 3.8) is 0 Å². The van der Waals surface area contributed by atoms with Crippen molar-refractivity contribution in [2.24, 2.45) is 0 Å². The van der Waals surface area contributed by atoms with Crippen LogP contribution in [0.4, 0.5) is 4.39 Å². The lowest BCUT2D eigenvalue weighted by Crippen LogP contribution is -2.06. The number of carboxylic acid groups (broad SMARTS) is 1. The summed E-state index contributed by atoms with van der Waals surface area (Å²) in [4.78, 5) is 14.6. The van der Waals surface area contributed by atoms with Crippen molar-refractivity contribution >= 4 is 16.9 Å². The van der Waals surface area contributed by atoms with Crippen molar-refractivity contribution in [3.8, 4) is 28.1 Å². The fraction of sp³-hybridized carbons (Fsp3) is 0.160. The highest BCUT2D eigenvalue weighted by Crippen LogP contribution is 2.42. The molecule has 3 aromatic carbocycles. The maximum Gasteiger partial charge on any atom is 0.339 e. The van der Waals surface area contributed by atoms with Crippen molar-refractivity contribution in [1.82, 2.24) is 4.98 Å². The van der Waals surface area contributed by atoms with E-state index in [1.54, 1.807) is 0 Å². The molecule has 0 unspecified atom stereocenters. The minimum absolute atomic E-state index is 0.114. The molecule has 1 heterocycles. The topological polar surface area (TPSA) is 73.3 Å². The average molecular weight is 401 g/mol. The molecule has 5 rings (SSSR count). The molecule has 3 N–H and O–H groups in total. The van der Waals surface area contributed by atoms with Gasteiger partial charge in [0, 0.05) is 16.5 Å². The number of benzene rings is 3. The number of hydrogen-bond acceptors (Lipinski definition) is 2. The Labute approximate surface area is 172 Å². The van der Waals surface area contributed by atoms with Gasteiger partial charge in [-0.1, -0.05) is 41.5 Å². The molecule has 0 bridgehead atoms. The number of carboxylic acids is 1. The molecule has 0 atom stereocenters. The molecule has 1 aromatic heterocycles. The van der Waals surface area contributed by atoms with Crippen molar-refractivity contribution in [2.75, 3.05) is 0 Å². The van der Waals surface area contributed by atoms with Crippen LogP contribution in [-0.4, -0.2) is 21.2 Å². The number of rotatable bonds is 2. The maximum atomic E-state index is 15.6. The van der Waals surface area contributed by atoms with Crippen LogP contribution in [0.25, 0.3) is 33.3 Å². The van der Waals surface area contributed by atoms with Gasteiger partial charge in [0.1, 0.15) is 11.3 Å². The molecule has 30 heavy (non-hydrogen) atoms. The quantitative estimate of drug-likeness (QED) is 0.400. The predicted octanol–water partition coefficient (Wildman–Crippen LogP) is 5.76. The summed E-state index contributed by atoms with van der Waals surface area (Å²) in [5.41, 5.74) is 7.15. The second-order valence-electron chi connectivity index (χ2n) is 8.04. The van der Waals surface area contributed by atoms with Gasteiger partial charge in [0.2, 0.25) is 0 Å². The third-order valence-corrected chi connectivity index (χ3v) is 5.92. The van der Waals surface area contributed by atoms with Gasteiger partial charge in [0.15, 0.2) is 5.82 Å². The molecular weight excluding hydrogens is 381 g/mol. The van der Waals surface area contributed by atoms with Crippen LogP contribution in [0.2, 0.25) is 0 Å². The number of aromatic amines is 1. The van der Waals surface area contributed by atoms with E-state index in [1.165, 1.54) is 12.1 Å². The normalized spacial score (nSPS) is 12.6. The van der Waals surface area contributed by atoms with E-state index in [0.717, 1.165) is 44.5 Å². The highest BCUT2D eigenvalue weighted by molar-refractivity contribution is 5.97. The lowest BCUT2D eigenvalue weighted by molar-refractivity contribution is 0.0693. The lowest BCUT2D eigenvalue weighted by atomic mass is 9.87. The maximum absolute atomic E-state index is 15.6. The van der Waals surface area contributed by atoms with Crippen LogP contribution in [0.15, 0.2) is 42.5 Å². The summed E-state index contributed by atoms with van der Waals surface area (Å²) >= 11 is 0. The highest BCUT2D eigenvalue weighted by atomic mass is 19.1.